The molecule has 0 aliphatic carbocycles. The standard InChI is InChI=1S/C21H31N3O2S.ClH/c1-15(17-6-8-22-9-7-17)14-20(25)23-19-5-3-4-18(16(19)2)21(26)24-10-12-27-13-11-24;/h3-5,15,17,22H,6-14H2,1-2H3,(H,23,25);1H. The normalized spacial score (nSPS) is 18.9. The number of nitrogens with one attached hydrogen (secondary N) is 2. The molecule has 0 aromatic heterocycles. The molecule has 1 atom stereocenters. The van der Waals surface area contributed by atoms with Crippen LogP contribution in [0.25, 0.3) is 0 Å². The van der Waals surface area contributed by atoms with Gasteiger partial charge in [-0.15, -0.1) is 12.4 Å². The number of benzene rings is 1. The van der Waals surface area contributed by atoms with E-state index in [4.69, 9.17) is 0 Å². The molecular formula is C21H32ClN3O2S. The summed E-state index contributed by atoms with van der Waals surface area (Å²) in [4.78, 5) is 27.3. The third-order valence-corrected chi connectivity index (χ3v) is 6.78. The van der Waals surface area contributed by atoms with Gasteiger partial charge in [-0.3, -0.25) is 9.59 Å². The van der Waals surface area contributed by atoms with Crippen molar-refractivity contribution in [2.24, 2.45) is 11.8 Å². The zero-order valence-electron chi connectivity index (χ0n) is 16.8. The molecule has 28 heavy (non-hydrogen) atoms. The molecule has 1 unspecified atom stereocenters. The van der Waals surface area contributed by atoms with Crippen LogP contribution in [0.15, 0.2) is 18.2 Å². The van der Waals surface area contributed by atoms with Crippen LogP contribution in [0.2, 0.25) is 0 Å². The molecule has 156 valence electrons. The summed E-state index contributed by atoms with van der Waals surface area (Å²) in [6.07, 6.45) is 2.82. The van der Waals surface area contributed by atoms with Crippen LogP contribution in [0.5, 0.6) is 0 Å². The Morgan fingerprint density at radius 3 is 2.61 bits per heavy atom. The minimum atomic E-state index is 0. The van der Waals surface area contributed by atoms with Gasteiger partial charge in [0.05, 0.1) is 0 Å². The average molecular weight is 426 g/mol. The number of carbonyl (C=O) groups excluding carboxylic acids is 2. The second kappa shape index (κ2) is 11.1. The van der Waals surface area contributed by atoms with Gasteiger partial charge in [-0.2, -0.15) is 11.8 Å². The van der Waals surface area contributed by atoms with E-state index < -0.39 is 0 Å². The third kappa shape index (κ3) is 5.88. The van der Waals surface area contributed by atoms with Gasteiger partial charge in [0.2, 0.25) is 5.91 Å². The first kappa shape index (κ1) is 23.0. The van der Waals surface area contributed by atoms with E-state index in [1.165, 1.54) is 0 Å². The number of halogens is 1. The Labute approximate surface area is 178 Å². The van der Waals surface area contributed by atoms with Crippen molar-refractivity contribution in [3.63, 3.8) is 0 Å². The molecule has 1 aromatic carbocycles. The van der Waals surface area contributed by atoms with Crippen molar-refractivity contribution in [2.75, 3.05) is 43.0 Å². The fourth-order valence-corrected chi connectivity index (χ4v) is 4.92. The van der Waals surface area contributed by atoms with Gasteiger partial charge in [0.25, 0.3) is 5.91 Å². The summed E-state index contributed by atoms with van der Waals surface area (Å²) in [5.74, 6) is 3.10. The van der Waals surface area contributed by atoms with Crippen molar-refractivity contribution in [3.8, 4) is 0 Å². The highest BCUT2D eigenvalue weighted by Gasteiger charge is 2.24. The van der Waals surface area contributed by atoms with Crippen molar-refractivity contribution in [2.45, 2.75) is 33.1 Å². The van der Waals surface area contributed by atoms with Crippen LogP contribution in [0, 0.1) is 18.8 Å². The minimum Gasteiger partial charge on any atom is -0.337 e. The van der Waals surface area contributed by atoms with E-state index >= 15 is 0 Å². The van der Waals surface area contributed by atoms with Gasteiger partial charge in [0, 0.05) is 42.3 Å². The summed E-state index contributed by atoms with van der Waals surface area (Å²) in [5.41, 5.74) is 2.32. The molecule has 5 nitrogen and oxygen atoms in total. The molecular weight excluding hydrogens is 394 g/mol. The number of rotatable bonds is 5. The number of nitrogens with zero attached hydrogens (tertiary/aromatic N) is 1. The molecule has 3 rings (SSSR count). The Bertz CT molecular complexity index is 674. The summed E-state index contributed by atoms with van der Waals surface area (Å²) >= 11 is 1.89. The van der Waals surface area contributed by atoms with Crippen molar-refractivity contribution in [1.82, 2.24) is 10.2 Å². The zero-order chi connectivity index (χ0) is 19.2. The quantitative estimate of drug-likeness (QED) is 0.757. The molecule has 0 spiro atoms. The number of carbonyl (C=O) groups is 2. The monoisotopic (exact) mass is 425 g/mol. The maximum atomic E-state index is 12.8. The Morgan fingerprint density at radius 2 is 1.93 bits per heavy atom. The topological polar surface area (TPSA) is 61.4 Å². The zero-order valence-corrected chi connectivity index (χ0v) is 18.5. The van der Waals surface area contributed by atoms with Crippen LogP contribution in [0.1, 0.15) is 42.1 Å². The molecule has 2 aliphatic heterocycles. The Balaban J connectivity index is 0.00000280. The molecule has 0 bridgehead atoms. The fourth-order valence-electron chi connectivity index (χ4n) is 4.01. The summed E-state index contributed by atoms with van der Waals surface area (Å²) in [6.45, 7) is 7.80. The van der Waals surface area contributed by atoms with E-state index in [0.29, 0.717) is 23.8 Å². The molecule has 2 N–H and O–H groups in total. The minimum absolute atomic E-state index is 0. The lowest BCUT2D eigenvalue weighted by Gasteiger charge is -2.28. The third-order valence-electron chi connectivity index (χ3n) is 5.83. The van der Waals surface area contributed by atoms with E-state index in [1.54, 1.807) is 0 Å². The summed E-state index contributed by atoms with van der Waals surface area (Å²) in [5, 5.41) is 6.43. The van der Waals surface area contributed by atoms with Crippen molar-refractivity contribution >= 4 is 41.7 Å². The molecule has 2 fully saturated rings. The predicted octanol–water partition coefficient (Wildman–Crippen LogP) is 3.57. The first-order valence-corrected chi connectivity index (χ1v) is 11.2. The Hall–Kier alpha value is -1.24. The first-order valence-electron chi connectivity index (χ1n) is 10.0. The van der Waals surface area contributed by atoms with E-state index in [0.717, 1.165) is 61.8 Å². The first-order chi connectivity index (χ1) is 13.1. The lowest BCUT2D eigenvalue weighted by atomic mass is 9.84. The lowest BCUT2D eigenvalue weighted by molar-refractivity contribution is -0.117. The van der Waals surface area contributed by atoms with Crippen LogP contribution >= 0.6 is 24.2 Å². The van der Waals surface area contributed by atoms with Crippen molar-refractivity contribution in [1.29, 1.82) is 0 Å². The van der Waals surface area contributed by atoms with Crippen LogP contribution in [-0.4, -0.2) is 54.4 Å². The van der Waals surface area contributed by atoms with Crippen LogP contribution < -0.4 is 10.6 Å². The lowest BCUT2D eigenvalue weighted by Crippen LogP contribution is -2.38. The molecule has 7 heteroatoms. The van der Waals surface area contributed by atoms with Crippen LogP contribution in [0.4, 0.5) is 5.69 Å². The van der Waals surface area contributed by atoms with E-state index in [9.17, 15) is 9.59 Å². The second-order valence-corrected chi connectivity index (χ2v) is 8.92. The average Bonchev–Trinajstić information content (AvgIpc) is 2.70. The largest absolute Gasteiger partial charge is 0.337 e. The Morgan fingerprint density at radius 1 is 1.25 bits per heavy atom. The van der Waals surface area contributed by atoms with Gasteiger partial charge in [0.15, 0.2) is 0 Å². The van der Waals surface area contributed by atoms with E-state index in [1.807, 2.05) is 41.8 Å². The Kier molecular flexibility index (Phi) is 9.12. The van der Waals surface area contributed by atoms with Crippen LogP contribution in [-0.2, 0) is 4.79 Å². The van der Waals surface area contributed by atoms with Crippen LogP contribution in [0.3, 0.4) is 0 Å². The van der Waals surface area contributed by atoms with E-state index in [2.05, 4.69) is 17.6 Å². The summed E-state index contributed by atoms with van der Waals surface area (Å²) < 4.78 is 0. The van der Waals surface area contributed by atoms with Gasteiger partial charge >= 0.3 is 0 Å². The van der Waals surface area contributed by atoms with Crippen molar-refractivity contribution < 1.29 is 9.59 Å². The molecule has 2 amide bonds. The molecule has 0 saturated carbocycles. The SMILES string of the molecule is Cc1c(NC(=O)CC(C)C2CCNCC2)cccc1C(=O)N1CCSCC1.Cl. The smallest absolute Gasteiger partial charge is 0.254 e. The molecule has 0 radical (unpaired) electrons. The highest BCUT2D eigenvalue weighted by atomic mass is 35.5. The highest BCUT2D eigenvalue weighted by Crippen LogP contribution is 2.26. The predicted molar refractivity (Wildman–Crippen MR) is 120 cm³/mol. The van der Waals surface area contributed by atoms with Crippen molar-refractivity contribution in [3.05, 3.63) is 29.3 Å². The maximum Gasteiger partial charge on any atom is 0.254 e. The number of hydrogen-bond donors (Lipinski definition) is 2. The van der Waals surface area contributed by atoms with Gasteiger partial charge in [-0.1, -0.05) is 13.0 Å². The van der Waals surface area contributed by atoms with Gasteiger partial charge in [-0.05, 0) is 62.4 Å². The molecule has 2 aliphatic rings. The maximum absolute atomic E-state index is 12.8. The second-order valence-electron chi connectivity index (χ2n) is 7.70. The summed E-state index contributed by atoms with van der Waals surface area (Å²) in [6, 6.07) is 5.63. The molecule has 2 saturated heterocycles. The number of hydrogen-bond acceptors (Lipinski definition) is 4. The number of anilines is 1. The number of piperidine rings is 1. The number of thioether (sulfide) groups is 1. The summed E-state index contributed by atoms with van der Waals surface area (Å²) in [7, 11) is 0. The fraction of sp³-hybridized carbons (Fsp3) is 0.619. The van der Waals surface area contributed by atoms with Gasteiger partial charge in [-0.25, -0.2) is 0 Å². The molecule has 2 heterocycles. The molecule has 1 aromatic rings. The van der Waals surface area contributed by atoms with Gasteiger partial charge in [0.1, 0.15) is 0 Å². The van der Waals surface area contributed by atoms with Gasteiger partial charge < -0.3 is 15.5 Å². The number of amides is 2. The highest BCUT2D eigenvalue weighted by molar-refractivity contribution is 7.99. The van der Waals surface area contributed by atoms with E-state index in [-0.39, 0.29) is 24.2 Å².